The summed E-state index contributed by atoms with van der Waals surface area (Å²) in [5, 5.41) is 11.1. The molecule has 0 radical (unpaired) electrons. The van der Waals surface area contributed by atoms with Gasteiger partial charge in [0.1, 0.15) is 11.5 Å². The zero-order chi connectivity index (χ0) is 17.2. The molecule has 0 saturated carbocycles. The van der Waals surface area contributed by atoms with E-state index in [1.165, 1.54) is 11.3 Å². The number of alkyl halides is 2. The first-order valence-corrected chi connectivity index (χ1v) is 8.22. The maximum absolute atomic E-state index is 12.5. The van der Waals surface area contributed by atoms with Gasteiger partial charge in [-0.2, -0.15) is 8.78 Å². The molecule has 1 aromatic carbocycles. The smallest absolute Gasteiger partial charge is 0.314 e. The van der Waals surface area contributed by atoms with Crippen molar-refractivity contribution in [2.75, 3.05) is 0 Å². The van der Waals surface area contributed by atoms with Crippen LogP contribution in [0, 0.1) is 0 Å². The van der Waals surface area contributed by atoms with Gasteiger partial charge in [0.2, 0.25) is 0 Å². The zero-order valence-electron chi connectivity index (χ0n) is 12.7. The van der Waals surface area contributed by atoms with Crippen LogP contribution >= 0.6 is 11.3 Å². The molecule has 0 unspecified atom stereocenters. The van der Waals surface area contributed by atoms with E-state index in [1.54, 1.807) is 6.07 Å². The molecular weight excluding hydrogens is 348 g/mol. The minimum absolute atomic E-state index is 0.0918. The van der Waals surface area contributed by atoms with Gasteiger partial charge in [-0.3, -0.25) is 0 Å². The summed E-state index contributed by atoms with van der Waals surface area (Å²) in [6.45, 7) is 0. The van der Waals surface area contributed by atoms with Crippen molar-refractivity contribution in [1.82, 2.24) is 15.4 Å². The van der Waals surface area contributed by atoms with Crippen LogP contribution in [-0.2, 0) is 6.42 Å². The number of nitrogens with zero attached hydrogens (tertiary/aromatic N) is 3. The molecule has 0 saturated heterocycles. The number of hydrogen-bond acceptors (Lipinski definition) is 6. The topological polar surface area (TPSA) is 65.0 Å². The van der Waals surface area contributed by atoms with E-state index in [9.17, 15) is 8.78 Å². The molecule has 126 valence electrons. The van der Waals surface area contributed by atoms with E-state index < -0.39 is 12.3 Å². The van der Waals surface area contributed by atoms with E-state index in [2.05, 4.69) is 15.4 Å². The molecule has 0 aliphatic carbocycles. The summed E-state index contributed by atoms with van der Waals surface area (Å²) < 4.78 is 35.4. The first-order chi connectivity index (χ1) is 12.2. The molecule has 0 spiro atoms. The summed E-state index contributed by atoms with van der Waals surface area (Å²) >= 11 is 1.38. The van der Waals surface area contributed by atoms with E-state index >= 15 is 0 Å². The Hall–Kier alpha value is -2.87. The van der Waals surface area contributed by atoms with Gasteiger partial charge in [0.25, 0.3) is 11.8 Å². The number of benzene rings is 1. The second kappa shape index (κ2) is 6.56. The van der Waals surface area contributed by atoms with Crippen LogP contribution in [0.1, 0.15) is 23.0 Å². The summed E-state index contributed by atoms with van der Waals surface area (Å²) in [6.07, 6.45) is -2.23. The van der Waals surface area contributed by atoms with Crippen molar-refractivity contribution in [2.24, 2.45) is 0 Å². The zero-order valence-corrected chi connectivity index (χ0v) is 13.5. The minimum atomic E-state index is -2.77. The molecule has 3 aromatic heterocycles. The third-order valence-electron chi connectivity index (χ3n) is 3.48. The molecule has 3 heterocycles. The number of thiophene rings is 1. The number of halogens is 2. The Labute approximate surface area is 144 Å². The van der Waals surface area contributed by atoms with Gasteiger partial charge >= 0.3 is 6.43 Å². The average Bonchev–Trinajstić information content (AvgIpc) is 3.36. The van der Waals surface area contributed by atoms with E-state index in [0.717, 1.165) is 16.1 Å². The van der Waals surface area contributed by atoms with Crippen molar-refractivity contribution in [1.29, 1.82) is 0 Å². The van der Waals surface area contributed by atoms with Crippen molar-refractivity contribution >= 4 is 11.3 Å². The lowest BCUT2D eigenvalue weighted by Crippen LogP contribution is -1.81. The second-order valence-corrected chi connectivity index (χ2v) is 6.40. The third-order valence-corrected chi connectivity index (χ3v) is 4.55. The van der Waals surface area contributed by atoms with Crippen molar-refractivity contribution in [2.45, 2.75) is 12.8 Å². The van der Waals surface area contributed by atoms with E-state index in [0.29, 0.717) is 17.1 Å². The fraction of sp³-hybridized carbons (Fsp3) is 0.118. The van der Waals surface area contributed by atoms with Gasteiger partial charge in [0.05, 0.1) is 4.88 Å². The molecule has 0 aliphatic rings. The Morgan fingerprint density at radius 1 is 1.04 bits per heavy atom. The Morgan fingerprint density at radius 3 is 2.64 bits per heavy atom. The van der Waals surface area contributed by atoms with Crippen LogP contribution in [0.15, 0.2) is 57.5 Å². The Morgan fingerprint density at radius 2 is 1.88 bits per heavy atom. The third kappa shape index (κ3) is 3.34. The van der Waals surface area contributed by atoms with Gasteiger partial charge in [-0.1, -0.05) is 35.5 Å². The number of aromatic nitrogens is 3. The van der Waals surface area contributed by atoms with Gasteiger partial charge in [0.15, 0.2) is 0 Å². The fourth-order valence-corrected chi connectivity index (χ4v) is 3.26. The SMILES string of the molecule is FC(F)c1nnc(-c2ccc(Cc3cc(-c4ccccc4)no3)s2)o1. The first-order valence-electron chi connectivity index (χ1n) is 7.40. The van der Waals surface area contributed by atoms with Crippen LogP contribution in [-0.4, -0.2) is 15.4 Å². The molecule has 8 heteroatoms. The highest BCUT2D eigenvalue weighted by Crippen LogP contribution is 2.30. The normalized spacial score (nSPS) is 11.3. The van der Waals surface area contributed by atoms with Crippen molar-refractivity contribution in [3.8, 4) is 22.0 Å². The molecular formula is C17H11F2N3O2S. The van der Waals surface area contributed by atoms with E-state index in [4.69, 9.17) is 8.94 Å². The van der Waals surface area contributed by atoms with Gasteiger partial charge in [-0.15, -0.1) is 21.5 Å². The molecule has 0 bridgehead atoms. The molecule has 25 heavy (non-hydrogen) atoms. The quantitative estimate of drug-likeness (QED) is 0.503. The van der Waals surface area contributed by atoms with E-state index in [1.807, 2.05) is 42.5 Å². The maximum atomic E-state index is 12.5. The monoisotopic (exact) mass is 359 g/mol. The highest BCUT2D eigenvalue weighted by molar-refractivity contribution is 7.15. The molecule has 4 aromatic rings. The van der Waals surface area contributed by atoms with Gasteiger partial charge < -0.3 is 8.94 Å². The molecule has 4 rings (SSSR count). The molecule has 5 nitrogen and oxygen atoms in total. The van der Waals surface area contributed by atoms with Crippen molar-refractivity contribution in [3.05, 3.63) is 65.1 Å². The Bertz CT molecular complexity index is 979. The molecule has 0 atom stereocenters. The first kappa shape index (κ1) is 15.6. The predicted molar refractivity (Wildman–Crippen MR) is 87.3 cm³/mol. The lowest BCUT2D eigenvalue weighted by atomic mass is 10.1. The lowest BCUT2D eigenvalue weighted by molar-refractivity contribution is 0.116. The van der Waals surface area contributed by atoms with Crippen LogP contribution in [0.3, 0.4) is 0 Å². The maximum Gasteiger partial charge on any atom is 0.314 e. The predicted octanol–water partition coefficient (Wildman–Crippen LogP) is 4.98. The van der Waals surface area contributed by atoms with Crippen LogP contribution in [0.4, 0.5) is 8.78 Å². The van der Waals surface area contributed by atoms with Crippen molar-refractivity contribution < 1.29 is 17.7 Å². The van der Waals surface area contributed by atoms with Crippen LogP contribution in [0.25, 0.3) is 22.0 Å². The molecule has 0 amide bonds. The largest absolute Gasteiger partial charge is 0.414 e. The van der Waals surface area contributed by atoms with Crippen LogP contribution in [0.2, 0.25) is 0 Å². The second-order valence-electron chi connectivity index (χ2n) is 5.23. The van der Waals surface area contributed by atoms with Crippen LogP contribution < -0.4 is 0 Å². The minimum Gasteiger partial charge on any atom is -0.414 e. The number of rotatable bonds is 5. The van der Waals surface area contributed by atoms with Gasteiger partial charge in [0, 0.05) is 22.9 Å². The Balaban J connectivity index is 1.50. The van der Waals surface area contributed by atoms with Gasteiger partial charge in [-0.25, -0.2) is 0 Å². The molecule has 0 fully saturated rings. The standard InChI is InChI=1S/C17H11F2N3O2S/c18-15(19)17-21-20-16(23-17)14-7-6-12(25-14)8-11-9-13(22-24-11)10-4-2-1-3-5-10/h1-7,9,15H,8H2. The average molecular weight is 359 g/mol. The van der Waals surface area contributed by atoms with E-state index in [-0.39, 0.29) is 5.89 Å². The highest BCUT2D eigenvalue weighted by Gasteiger charge is 2.18. The Kier molecular flexibility index (Phi) is 4.10. The molecule has 0 aliphatic heterocycles. The van der Waals surface area contributed by atoms with Crippen LogP contribution in [0.5, 0.6) is 0 Å². The summed E-state index contributed by atoms with van der Waals surface area (Å²) in [5.41, 5.74) is 1.75. The fourth-order valence-electron chi connectivity index (χ4n) is 2.32. The summed E-state index contributed by atoms with van der Waals surface area (Å²) in [7, 11) is 0. The summed E-state index contributed by atoms with van der Waals surface area (Å²) in [4.78, 5) is 1.61. The summed E-state index contributed by atoms with van der Waals surface area (Å²) in [6, 6.07) is 15.3. The van der Waals surface area contributed by atoms with Gasteiger partial charge in [-0.05, 0) is 12.1 Å². The highest BCUT2D eigenvalue weighted by atomic mass is 32.1. The summed E-state index contributed by atoms with van der Waals surface area (Å²) in [5.74, 6) is 0.132. The molecule has 0 N–H and O–H groups in total. The van der Waals surface area contributed by atoms with Crippen molar-refractivity contribution in [3.63, 3.8) is 0 Å². The lowest BCUT2D eigenvalue weighted by Gasteiger charge is -1.92. The number of hydrogen-bond donors (Lipinski definition) is 0.